The molecule has 1 heterocycles. The molecule has 1 fully saturated rings. The molecule has 4 heteroatoms. The van der Waals surface area contributed by atoms with E-state index in [0.717, 1.165) is 42.1 Å². The molecule has 0 spiro atoms. The fourth-order valence-electron chi connectivity index (χ4n) is 2.59. The van der Waals surface area contributed by atoms with E-state index in [9.17, 15) is 0 Å². The third-order valence-electron chi connectivity index (χ3n) is 3.53. The molecule has 1 N–H and O–H groups in total. The standard InChI is InChI=1S/C15H23BrN2O/c1-12(2)10-17-5-7-18(8-6-17)15-4-3-13(11-19)9-14(15)16/h3-4,9,12,19H,5-8,10-11H2,1-2H3. The van der Waals surface area contributed by atoms with Crippen molar-refractivity contribution < 1.29 is 5.11 Å². The summed E-state index contributed by atoms with van der Waals surface area (Å²) in [7, 11) is 0. The van der Waals surface area contributed by atoms with Gasteiger partial charge in [0, 0.05) is 37.2 Å². The summed E-state index contributed by atoms with van der Waals surface area (Å²) in [4.78, 5) is 4.96. The van der Waals surface area contributed by atoms with Crippen LogP contribution in [0.4, 0.5) is 5.69 Å². The first kappa shape index (κ1) is 14.8. The van der Waals surface area contributed by atoms with Gasteiger partial charge in [0.2, 0.25) is 0 Å². The van der Waals surface area contributed by atoms with Crippen molar-refractivity contribution in [2.45, 2.75) is 20.5 Å². The van der Waals surface area contributed by atoms with Crippen LogP contribution in [0.25, 0.3) is 0 Å². The molecular weight excluding hydrogens is 304 g/mol. The summed E-state index contributed by atoms with van der Waals surface area (Å²) in [6, 6.07) is 6.12. The Balaban J connectivity index is 1.97. The van der Waals surface area contributed by atoms with Gasteiger partial charge in [-0.3, -0.25) is 4.90 Å². The van der Waals surface area contributed by atoms with Gasteiger partial charge in [-0.1, -0.05) is 19.9 Å². The van der Waals surface area contributed by atoms with Gasteiger partial charge in [0.05, 0.1) is 12.3 Å². The minimum Gasteiger partial charge on any atom is -0.392 e. The predicted octanol–water partition coefficient (Wildman–Crippen LogP) is 2.72. The molecule has 0 bridgehead atoms. The van der Waals surface area contributed by atoms with Crippen LogP contribution in [0.15, 0.2) is 22.7 Å². The van der Waals surface area contributed by atoms with Crippen molar-refractivity contribution in [2.24, 2.45) is 5.92 Å². The average Bonchev–Trinajstić information content (AvgIpc) is 2.39. The van der Waals surface area contributed by atoms with Gasteiger partial charge >= 0.3 is 0 Å². The van der Waals surface area contributed by atoms with E-state index >= 15 is 0 Å². The molecule has 2 rings (SSSR count). The highest BCUT2D eigenvalue weighted by molar-refractivity contribution is 9.10. The number of nitrogens with zero attached hydrogens (tertiary/aromatic N) is 2. The van der Waals surface area contributed by atoms with E-state index in [1.807, 2.05) is 12.1 Å². The summed E-state index contributed by atoms with van der Waals surface area (Å²) in [6.45, 7) is 10.2. The summed E-state index contributed by atoms with van der Waals surface area (Å²) >= 11 is 3.61. The summed E-state index contributed by atoms with van der Waals surface area (Å²) in [5.41, 5.74) is 2.19. The van der Waals surface area contributed by atoms with Gasteiger partial charge in [0.15, 0.2) is 0 Å². The number of piperazine rings is 1. The van der Waals surface area contributed by atoms with Crippen LogP contribution in [0.3, 0.4) is 0 Å². The molecule has 106 valence electrons. The lowest BCUT2D eigenvalue weighted by molar-refractivity contribution is 0.231. The zero-order chi connectivity index (χ0) is 13.8. The molecule has 1 aromatic rings. The molecule has 0 unspecified atom stereocenters. The first-order chi connectivity index (χ1) is 9.10. The fourth-order valence-corrected chi connectivity index (χ4v) is 3.27. The number of hydrogen-bond donors (Lipinski definition) is 1. The highest BCUT2D eigenvalue weighted by Gasteiger charge is 2.19. The number of rotatable bonds is 4. The number of aliphatic hydroxyl groups excluding tert-OH is 1. The zero-order valence-corrected chi connectivity index (χ0v) is 13.4. The van der Waals surface area contributed by atoms with Gasteiger partial charge in [-0.25, -0.2) is 0 Å². The van der Waals surface area contributed by atoms with Crippen molar-refractivity contribution in [3.63, 3.8) is 0 Å². The van der Waals surface area contributed by atoms with Crippen molar-refractivity contribution in [1.82, 2.24) is 4.90 Å². The SMILES string of the molecule is CC(C)CN1CCN(c2ccc(CO)cc2Br)CC1. The Kier molecular flexibility index (Phi) is 5.25. The van der Waals surface area contributed by atoms with E-state index in [1.54, 1.807) is 0 Å². The lowest BCUT2D eigenvalue weighted by Crippen LogP contribution is -2.47. The maximum absolute atomic E-state index is 9.14. The largest absolute Gasteiger partial charge is 0.392 e. The van der Waals surface area contributed by atoms with E-state index in [4.69, 9.17) is 5.11 Å². The van der Waals surface area contributed by atoms with Crippen LogP contribution in [0.2, 0.25) is 0 Å². The second kappa shape index (κ2) is 6.73. The second-order valence-electron chi connectivity index (χ2n) is 5.63. The number of benzene rings is 1. The van der Waals surface area contributed by atoms with Crippen LogP contribution in [0, 0.1) is 5.92 Å². The van der Waals surface area contributed by atoms with E-state index in [2.05, 4.69) is 45.6 Å². The minimum absolute atomic E-state index is 0.0983. The van der Waals surface area contributed by atoms with Crippen molar-refractivity contribution in [3.8, 4) is 0 Å². The Labute approximate surface area is 124 Å². The van der Waals surface area contributed by atoms with Gasteiger partial charge in [-0.15, -0.1) is 0 Å². The fraction of sp³-hybridized carbons (Fsp3) is 0.600. The Morgan fingerprint density at radius 3 is 2.42 bits per heavy atom. The summed E-state index contributed by atoms with van der Waals surface area (Å²) in [5, 5.41) is 9.14. The van der Waals surface area contributed by atoms with Crippen LogP contribution in [0.1, 0.15) is 19.4 Å². The number of halogens is 1. The molecule has 0 atom stereocenters. The molecule has 1 aromatic carbocycles. The Morgan fingerprint density at radius 1 is 1.21 bits per heavy atom. The Hall–Kier alpha value is -0.580. The van der Waals surface area contributed by atoms with E-state index in [0.29, 0.717) is 0 Å². The first-order valence-electron chi connectivity index (χ1n) is 6.96. The molecule has 0 saturated carbocycles. The highest BCUT2D eigenvalue weighted by Crippen LogP contribution is 2.28. The predicted molar refractivity (Wildman–Crippen MR) is 83.6 cm³/mol. The van der Waals surface area contributed by atoms with Gasteiger partial charge < -0.3 is 10.0 Å². The maximum atomic E-state index is 9.14. The van der Waals surface area contributed by atoms with Gasteiger partial charge in [0.1, 0.15) is 0 Å². The Morgan fingerprint density at radius 2 is 1.89 bits per heavy atom. The van der Waals surface area contributed by atoms with E-state index in [-0.39, 0.29) is 6.61 Å². The molecule has 1 aliphatic rings. The van der Waals surface area contributed by atoms with Crippen LogP contribution in [0.5, 0.6) is 0 Å². The zero-order valence-electron chi connectivity index (χ0n) is 11.8. The average molecular weight is 327 g/mol. The quantitative estimate of drug-likeness (QED) is 0.921. The highest BCUT2D eigenvalue weighted by atomic mass is 79.9. The Bertz CT molecular complexity index is 415. The van der Waals surface area contributed by atoms with Gasteiger partial charge in [-0.05, 0) is 39.5 Å². The summed E-state index contributed by atoms with van der Waals surface area (Å²) in [5.74, 6) is 0.738. The van der Waals surface area contributed by atoms with E-state index < -0.39 is 0 Å². The van der Waals surface area contributed by atoms with Crippen LogP contribution < -0.4 is 4.90 Å². The molecule has 0 aliphatic carbocycles. The molecule has 0 radical (unpaired) electrons. The molecule has 0 amide bonds. The van der Waals surface area contributed by atoms with Gasteiger partial charge in [-0.2, -0.15) is 0 Å². The third kappa shape index (κ3) is 3.94. The van der Waals surface area contributed by atoms with Gasteiger partial charge in [0.25, 0.3) is 0 Å². The third-order valence-corrected chi connectivity index (χ3v) is 4.17. The smallest absolute Gasteiger partial charge is 0.0682 e. The number of aliphatic hydroxyl groups is 1. The lowest BCUT2D eigenvalue weighted by atomic mass is 10.1. The molecule has 1 saturated heterocycles. The van der Waals surface area contributed by atoms with Crippen molar-refractivity contribution in [3.05, 3.63) is 28.2 Å². The first-order valence-corrected chi connectivity index (χ1v) is 7.76. The number of anilines is 1. The van der Waals surface area contributed by atoms with Crippen molar-refractivity contribution >= 4 is 21.6 Å². The topological polar surface area (TPSA) is 26.7 Å². The molecule has 19 heavy (non-hydrogen) atoms. The molecule has 0 aromatic heterocycles. The molecular formula is C15H23BrN2O. The van der Waals surface area contributed by atoms with Crippen LogP contribution in [-0.2, 0) is 6.61 Å². The minimum atomic E-state index is 0.0983. The maximum Gasteiger partial charge on any atom is 0.0682 e. The van der Waals surface area contributed by atoms with Crippen LogP contribution in [-0.4, -0.2) is 42.7 Å². The van der Waals surface area contributed by atoms with Crippen LogP contribution >= 0.6 is 15.9 Å². The normalized spacial score (nSPS) is 17.2. The van der Waals surface area contributed by atoms with Crippen molar-refractivity contribution in [1.29, 1.82) is 0 Å². The molecule has 3 nitrogen and oxygen atoms in total. The number of hydrogen-bond acceptors (Lipinski definition) is 3. The lowest BCUT2D eigenvalue weighted by Gasteiger charge is -2.37. The van der Waals surface area contributed by atoms with Crippen molar-refractivity contribution in [2.75, 3.05) is 37.6 Å². The monoisotopic (exact) mass is 326 g/mol. The summed E-state index contributed by atoms with van der Waals surface area (Å²) < 4.78 is 1.08. The summed E-state index contributed by atoms with van der Waals surface area (Å²) in [6.07, 6.45) is 0. The van der Waals surface area contributed by atoms with E-state index in [1.165, 1.54) is 12.2 Å². The molecule has 1 aliphatic heterocycles. The second-order valence-corrected chi connectivity index (χ2v) is 6.48.